The van der Waals surface area contributed by atoms with Crippen molar-refractivity contribution in [1.29, 1.82) is 0 Å². The smallest absolute Gasteiger partial charge is 0.223 e. The molecule has 98 valence electrons. The van der Waals surface area contributed by atoms with Gasteiger partial charge in [0.15, 0.2) is 0 Å². The van der Waals surface area contributed by atoms with Crippen molar-refractivity contribution < 1.29 is 4.79 Å². The third kappa shape index (κ3) is 3.12. The molecule has 18 heavy (non-hydrogen) atoms. The van der Waals surface area contributed by atoms with Gasteiger partial charge in [0.25, 0.3) is 0 Å². The van der Waals surface area contributed by atoms with Crippen LogP contribution in [0, 0.1) is 11.8 Å². The minimum absolute atomic E-state index is 0.0467. The summed E-state index contributed by atoms with van der Waals surface area (Å²) in [5, 5.41) is 6.29. The van der Waals surface area contributed by atoms with E-state index in [9.17, 15) is 4.79 Å². The van der Waals surface area contributed by atoms with Gasteiger partial charge in [-0.2, -0.15) is 0 Å². The first kappa shape index (κ1) is 13.6. The van der Waals surface area contributed by atoms with Gasteiger partial charge < -0.3 is 10.6 Å². The molecule has 1 fully saturated rings. The van der Waals surface area contributed by atoms with Gasteiger partial charge in [0.2, 0.25) is 5.91 Å². The van der Waals surface area contributed by atoms with Crippen LogP contribution < -0.4 is 10.6 Å². The molecule has 0 aromatic heterocycles. The molecule has 2 rings (SSSR count). The number of hydrogen-bond donors (Lipinski definition) is 2. The summed E-state index contributed by atoms with van der Waals surface area (Å²) in [4.78, 5) is 12.1. The van der Waals surface area contributed by atoms with Gasteiger partial charge in [0, 0.05) is 10.4 Å². The summed E-state index contributed by atoms with van der Waals surface area (Å²) in [6.07, 6.45) is 0. The van der Waals surface area contributed by atoms with E-state index >= 15 is 0 Å². The lowest BCUT2D eigenvalue weighted by atomic mass is 9.88. The molecule has 0 saturated carbocycles. The topological polar surface area (TPSA) is 41.1 Å². The fraction of sp³-hybridized carbons (Fsp3) is 0.500. The van der Waals surface area contributed by atoms with Gasteiger partial charge >= 0.3 is 0 Å². The third-order valence-electron chi connectivity index (χ3n) is 3.64. The fourth-order valence-corrected chi connectivity index (χ4v) is 2.50. The van der Waals surface area contributed by atoms with Crippen LogP contribution in [0.1, 0.15) is 25.5 Å². The standard InChI is InChI=1S/C14H19BrN2O/c1-9(12-7-16-8-12)14(18)17-10(2)11-4-3-5-13(15)6-11/h3-6,9-10,12,16H,7-8H2,1-2H3,(H,17,18). The van der Waals surface area contributed by atoms with Crippen molar-refractivity contribution in [2.24, 2.45) is 11.8 Å². The zero-order valence-electron chi connectivity index (χ0n) is 10.7. The molecule has 0 aliphatic carbocycles. The van der Waals surface area contributed by atoms with Crippen molar-refractivity contribution in [1.82, 2.24) is 10.6 Å². The van der Waals surface area contributed by atoms with E-state index in [2.05, 4.69) is 26.6 Å². The van der Waals surface area contributed by atoms with Crippen molar-refractivity contribution in [3.05, 3.63) is 34.3 Å². The maximum Gasteiger partial charge on any atom is 0.223 e. The molecule has 1 aliphatic heterocycles. The molecule has 0 spiro atoms. The Morgan fingerprint density at radius 3 is 2.72 bits per heavy atom. The molecular formula is C14H19BrN2O. The second-order valence-corrected chi connectivity index (χ2v) is 5.91. The maximum atomic E-state index is 12.1. The van der Waals surface area contributed by atoms with Crippen molar-refractivity contribution in [3.8, 4) is 0 Å². The van der Waals surface area contributed by atoms with Crippen LogP contribution in [0.3, 0.4) is 0 Å². The Labute approximate surface area is 116 Å². The van der Waals surface area contributed by atoms with E-state index in [4.69, 9.17) is 0 Å². The molecule has 0 radical (unpaired) electrons. The first-order valence-corrected chi connectivity index (χ1v) is 7.14. The van der Waals surface area contributed by atoms with E-state index < -0.39 is 0 Å². The number of benzene rings is 1. The Kier molecular flexibility index (Phi) is 4.40. The zero-order valence-corrected chi connectivity index (χ0v) is 12.3. The average Bonchev–Trinajstić information content (AvgIpc) is 2.26. The van der Waals surface area contributed by atoms with Gasteiger partial charge in [0.05, 0.1) is 6.04 Å². The number of halogens is 1. The Hall–Kier alpha value is -0.870. The van der Waals surface area contributed by atoms with Gasteiger partial charge in [-0.1, -0.05) is 35.0 Å². The molecule has 2 atom stereocenters. The predicted molar refractivity (Wildman–Crippen MR) is 76.2 cm³/mol. The van der Waals surface area contributed by atoms with Crippen molar-refractivity contribution in [2.45, 2.75) is 19.9 Å². The minimum Gasteiger partial charge on any atom is -0.349 e. The highest BCUT2D eigenvalue weighted by atomic mass is 79.9. The van der Waals surface area contributed by atoms with E-state index in [1.807, 2.05) is 38.1 Å². The van der Waals surface area contributed by atoms with E-state index in [0.29, 0.717) is 5.92 Å². The van der Waals surface area contributed by atoms with Crippen LogP contribution in [-0.2, 0) is 4.79 Å². The lowest BCUT2D eigenvalue weighted by Crippen LogP contribution is -2.49. The van der Waals surface area contributed by atoms with Crippen LogP contribution >= 0.6 is 15.9 Å². The van der Waals surface area contributed by atoms with Gasteiger partial charge in [-0.15, -0.1) is 0 Å². The molecule has 4 heteroatoms. The number of hydrogen-bond acceptors (Lipinski definition) is 2. The summed E-state index contributed by atoms with van der Waals surface area (Å²) >= 11 is 3.45. The monoisotopic (exact) mass is 310 g/mol. The van der Waals surface area contributed by atoms with Crippen LogP contribution in [0.4, 0.5) is 0 Å². The SMILES string of the molecule is CC(NC(=O)C(C)C1CNC1)c1cccc(Br)c1. The number of amides is 1. The van der Waals surface area contributed by atoms with Gasteiger partial charge in [0.1, 0.15) is 0 Å². The molecule has 2 N–H and O–H groups in total. The van der Waals surface area contributed by atoms with Crippen LogP contribution in [0.2, 0.25) is 0 Å². The molecule has 1 aromatic rings. The summed E-state index contributed by atoms with van der Waals surface area (Å²) in [5.74, 6) is 0.717. The van der Waals surface area contributed by atoms with Crippen LogP contribution in [0.15, 0.2) is 28.7 Å². The fourth-order valence-electron chi connectivity index (χ4n) is 2.08. The number of rotatable bonds is 4. The second kappa shape index (κ2) is 5.85. The lowest BCUT2D eigenvalue weighted by molar-refractivity contribution is -0.127. The molecule has 2 unspecified atom stereocenters. The van der Waals surface area contributed by atoms with Crippen molar-refractivity contribution in [2.75, 3.05) is 13.1 Å². The Balaban J connectivity index is 1.94. The molecular weight excluding hydrogens is 292 g/mol. The molecule has 1 aliphatic rings. The highest BCUT2D eigenvalue weighted by Gasteiger charge is 2.29. The molecule has 0 bridgehead atoms. The number of carbonyl (C=O) groups is 1. The van der Waals surface area contributed by atoms with Crippen molar-refractivity contribution in [3.63, 3.8) is 0 Å². The van der Waals surface area contributed by atoms with E-state index in [0.717, 1.165) is 23.1 Å². The molecule has 1 amide bonds. The molecule has 1 saturated heterocycles. The van der Waals surface area contributed by atoms with Crippen LogP contribution in [-0.4, -0.2) is 19.0 Å². The first-order valence-electron chi connectivity index (χ1n) is 6.34. The molecule has 3 nitrogen and oxygen atoms in total. The third-order valence-corrected chi connectivity index (χ3v) is 4.13. The number of carbonyl (C=O) groups excluding carboxylic acids is 1. The summed E-state index contributed by atoms with van der Waals surface area (Å²) in [7, 11) is 0. The molecule has 1 heterocycles. The Morgan fingerprint density at radius 1 is 1.44 bits per heavy atom. The minimum atomic E-state index is 0.0467. The maximum absolute atomic E-state index is 12.1. The van der Waals surface area contributed by atoms with E-state index in [1.54, 1.807) is 0 Å². The summed E-state index contributed by atoms with van der Waals surface area (Å²) in [5.41, 5.74) is 1.12. The first-order chi connectivity index (χ1) is 8.58. The summed E-state index contributed by atoms with van der Waals surface area (Å²) < 4.78 is 1.04. The number of nitrogens with one attached hydrogen (secondary N) is 2. The normalized spacial score (nSPS) is 18.8. The Morgan fingerprint density at radius 2 is 2.17 bits per heavy atom. The van der Waals surface area contributed by atoms with E-state index in [1.165, 1.54) is 0 Å². The zero-order chi connectivity index (χ0) is 13.1. The van der Waals surface area contributed by atoms with E-state index in [-0.39, 0.29) is 17.9 Å². The Bertz CT molecular complexity index is 432. The van der Waals surface area contributed by atoms with Crippen LogP contribution in [0.25, 0.3) is 0 Å². The quantitative estimate of drug-likeness (QED) is 0.897. The highest BCUT2D eigenvalue weighted by Crippen LogP contribution is 2.20. The van der Waals surface area contributed by atoms with Gasteiger partial charge in [-0.25, -0.2) is 0 Å². The van der Waals surface area contributed by atoms with Gasteiger partial charge in [-0.05, 0) is 43.6 Å². The highest BCUT2D eigenvalue weighted by molar-refractivity contribution is 9.10. The second-order valence-electron chi connectivity index (χ2n) is 4.99. The van der Waals surface area contributed by atoms with Crippen LogP contribution in [0.5, 0.6) is 0 Å². The predicted octanol–water partition coefficient (Wildman–Crippen LogP) is 2.48. The lowest BCUT2D eigenvalue weighted by Gasteiger charge is -2.32. The average molecular weight is 311 g/mol. The van der Waals surface area contributed by atoms with Crippen molar-refractivity contribution >= 4 is 21.8 Å². The largest absolute Gasteiger partial charge is 0.349 e. The molecule has 1 aromatic carbocycles. The summed E-state index contributed by atoms with van der Waals surface area (Å²) in [6, 6.07) is 8.10. The van der Waals surface area contributed by atoms with Gasteiger partial charge in [-0.3, -0.25) is 4.79 Å². The summed E-state index contributed by atoms with van der Waals surface area (Å²) in [6.45, 7) is 5.94.